The summed E-state index contributed by atoms with van der Waals surface area (Å²) in [6.07, 6.45) is 1.73. The largest absolute Gasteiger partial charge is 0.391 e. The highest BCUT2D eigenvalue weighted by atomic mass is 32.2. The van der Waals surface area contributed by atoms with E-state index in [1.165, 1.54) is 16.2 Å². The normalized spacial score (nSPS) is 10.6. The number of nitrogens with zero attached hydrogens (tertiary/aromatic N) is 1. The van der Waals surface area contributed by atoms with Crippen molar-refractivity contribution in [3.05, 3.63) is 35.3 Å². The second-order valence-corrected chi connectivity index (χ2v) is 5.70. The Morgan fingerprint density at radius 3 is 2.62 bits per heavy atom. The molecule has 0 atom stereocenters. The summed E-state index contributed by atoms with van der Waals surface area (Å²) in [5.74, 6) is 1.09. The Morgan fingerprint density at radius 2 is 2.06 bits per heavy atom. The highest BCUT2D eigenvalue weighted by Gasteiger charge is 2.03. The first-order valence-corrected chi connectivity index (χ1v) is 6.92. The van der Waals surface area contributed by atoms with Gasteiger partial charge in [0.15, 0.2) is 0 Å². The van der Waals surface area contributed by atoms with Crippen LogP contribution in [0.3, 0.4) is 0 Å². The minimum Gasteiger partial charge on any atom is -0.391 e. The fraction of sp³-hybridized carbons (Fsp3) is 0.250. The lowest BCUT2D eigenvalue weighted by Gasteiger charge is -1.99. The van der Waals surface area contributed by atoms with Gasteiger partial charge in [-0.2, -0.15) is 0 Å². The zero-order valence-corrected chi connectivity index (χ0v) is 10.6. The molecule has 0 amide bonds. The summed E-state index contributed by atoms with van der Waals surface area (Å²) in [6, 6.07) is 8.39. The molecule has 0 radical (unpaired) electrons. The van der Waals surface area contributed by atoms with E-state index in [0.717, 1.165) is 21.2 Å². The van der Waals surface area contributed by atoms with Gasteiger partial charge in [0.05, 0.1) is 11.5 Å². The molecule has 0 bridgehead atoms. The third kappa shape index (κ3) is 2.64. The minimum absolute atomic E-state index is 0.0709. The van der Waals surface area contributed by atoms with E-state index in [0.29, 0.717) is 0 Å². The van der Waals surface area contributed by atoms with Crippen molar-refractivity contribution in [3.63, 3.8) is 0 Å². The van der Waals surface area contributed by atoms with Crippen molar-refractivity contribution >= 4 is 23.1 Å². The quantitative estimate of drug-likeness (QED) is 0.845. The molecule has 84 valence electrons. The van der Waals surface area contributed by atoms with Crippen LogP contribution in [0.5, 0.6) is 0 Å². The average molecular weight is 251 g/mol. The molecular formula is C12H13NOS2. The summed E-state index contributed by atoms with van der Waals surface area (Å²) in [6.45, 7) is 2.22. The van der Waals surface area contributed by atoms with Crippen molar-refractivity contribution in [1.29, 1.82) is 0 Å². The van der Waals surface area contributed by atoms with Crippen LogP contribution in [0.4, 0.5) is 0 Å². The molecule has 1 heterocycles. The standard InChI is InChI=1S/C12H13NOS2/c1-2-15-10-5-3-9(4-6-10)12-13-7-11(8-14)16-12/h3-7,14H,2,8H2,1H3. The Balaban J connectivity index is 2.20. The number of rotatable bonds is 4. The van der Waals surface area contributed by atoms with Gasteiger partial charge in [-0.05, 0) is 17.9 Å². The first kappa shape index (κ1) is 11.6. The van der Waals surface area contributed by atoms with Crippen LogP contribution in [-0.4, -0.2) is 15.8 Å². The molecule has 0 aliphatic carbocycles. The van der Waals surface area contributed by atoms with Gasteiger partial charge in [0.2, 0.25) is 0 Å². The molecule has 0 aliphatic rings. The molecular weight excluding hydrogens is 238 g/mol. The van der Waals surface area contributed by atoms with Crippen molar-refractivity contribution in [2.75, 3.05) is 5.75 Å². The van der Waals surface area contributed by atoms with Crippen LogP contribution in [-0.2, 0) is 6.61 Å². The first-order valence-electron chi connectivity index (χ1n) is 5.12. The van der Waals surface area contributed by atoms with E-state index in [2.05, 4.69) is 36.2 Å². The van der Waals surface area contributed by atoms with E-state index < -0.39 is 0 Å². The molecule has 16 heavy (non-hydrogen) atoms. The van der Waals surface area contributed by atoms with Gasteiger partial charge in [0, 0.05) is 16.7 Å². The van der Waals surface area contributed by atoms with E-state index in [9.17, 15) is 0 Å². The molecule has 0 fully saturated rings. The maximum absolute atomic E-state index is 8.98. The topological polar surface area (TPSA) is 33.1 Å². The molecule has 2 nitrogen and oxygen atoms in total. The number of benzene rings is 1. The van der Waals surface area contributed by atoms with Gasteiger partial charge in [-0.15, -0.1) is 23.1 Å². The molecule has 1 aromatic carbocycles. The Kier molecular flexibility index (Phi) is 3.98. The van der Waals surface area contributed by atoms with Crippen molar-refractivity contribution in [3.8, 4) is 10.6 Å². The molecule has 0 saturated carbocycles. The summed E-state index contributed by atoms with van der Waals surface area (Å²) in [5, 5.41) is 9.95. The predicted octanol–water partition coefficient (Wildman–Crippen LogP) is 3.41. The Hall–Kier alpha value is -0.840. The monoisotopic (exact) mass is 251 g/mol. The van der Waals surface area contributed by atoms with Gasteiger partial charge in [-0.1, -0.05) is 19.1 Å². The maximum atomic E-state index is 8.98. The van der Waals surface area contributed by atoms with E-state index in [1.54, 1.807) is 6.20 Å². The second kappa shape index (κ2) is 5.48. The first-order chi connectivity index (χ1) is 7.83. The lowest BCUT2D eigenvalue weighted by atomic mass is 10.2. The number of hydrogen-bond donors (Lipinski definition) is 1. The van der Waals surface area contributed by atoms with E-state index in [1.807, 2.05) is 11.8 Å². The van der Waals surface area contributed by atoms with Crippen molar-refractivity contribution in [2.45, 2.75) is 18.4 Å². The van der Waals surface area contributed by atoms with E-state index in [4.69, 9.17) is 5.11 Å². The predicted molar refractivity (Wildman–Crippen MR) is 69.9 cm³/mol. The summed E-state index contributed by atoms with van der Waals surface area (Å²) >= 11 is 3.37. The van der Waals surface area contributed by atoms with Crippen LogP contribution in [0.1, 0.15) is 11.8 Å². The third-order valence-electron chi connectivity index (χ3n) is 2.12. The maximum Gasteiger partial charge on any atom is 0.123 e. The number of aliphatic hydroxyl groups is 1. The number of hydrogen-bond acceptors (Lipinski definition) is 4. The Morgan fingerprint density at radius 1 is 1.31 bits per heavy atom. The van der Waals surface area contributed by atoms with Gasteiger partial charge in [-0.3, -0.25) is 0 Å². The van der Waals surface area contributed by atoms with Gasteiger partial charge in [-0.25, -0.2) is 4.98 Å². The lowest BCUT2D eigenvalue weighted by Crippen LogP contribution is -1.76. The third-order valence-corrected chi connectivity index (χ3v) is 4.05. The zero-order valence-electron chi connectivity index (χ0n) is 9.01. The van der Waals surface area contributed by atoms with Crippen LogP contribution < -0.4 is 0 Å². The molecule has 2 aromatic rings. The van der Waals surface area contributed by atoms with Gasteiger partial charge < -0.3 is 5.11 Å². The lowest BCUT2D eigenvalue weighted by molar-refractivity contribution is 0.285. The number of thioether (sulfide) groups is 1. The van der Waals surface area contributed by atoms with Crippen LogP contribution in [0.2, 0.25) is 0 Å². The van der Waals surface area contributed by atoms with Gasteiger partial charge in [0.25, 0.3) is 0 Å². The molecule has 0 spiro atoms. The Bertz CT molecular complexity index is 450. The van der Waals surface area contributed by atoms with Crippen LogP contribution in [0, 0.1) is 0 Å². The molecule has 1 N–H and O–H groups in total. The second-order valence-electron chi connectivity index (χ2n) is 3.25. The highest BCUT2D eigenvalue weighted by molar-refractivity contribution is 7.99. The van der Waals surface area contributed by atoms with Gasteiger partial charge >= 0.3 is 0 Å². The van der Waals surface area contributed by atoms with Gasteiger partial charge in [0.1, 0.15) is 5.01 Å². The van der Waals surface area contributed by atoms with Crippen LogP contribution >= 0.6 is 23.1 Å². The van der Waals surface area contributed by atoms with Crippen LogP contribution in [0.25, 0.3) is 10.6 Å². The molecule has 0 unspecified atom stereocenters. The zero-order chi connectivity index (χ0) is 11.4. The van der Waals surface area contributed by atoms with Crippen molar-refractivity contribution in [2.24, 2.45) is 0 Å². The number of thiazole rings is 1. The van der Waals surface area contributed by atoms with Crippen molar-refractivity contribution in [1.82, 2.24) is 4.98 Å². The molecule has 0 aliphatic heterocycles. The average Bonchev–Trinajstić information content (AvgIpc) is 2.79. The molecule has 0 saturated heterocycles. The number of aliphatic hydroxyl groups excluding tert-OH is 1. The summed E-state index contributed by atoms with van der Waals surface area (Å²) in [4.78, 5) is 6.47. The fourth-order valence-corrected chi connectivity index (χ4v) is 2.81. The van der Waals surface area contributed by atoms with Crippen molar-refractivity contribution < 1.29 is 5.11 Å². The Labute approximate surface area is 103 Å². The summed E-state index contributed by atoms with van der Waals surface area (Å²) in [5.41, 5.74) is 1.12. The summed E-state index contributed by atoms with van der Waals surface area (Å²) < 4.78 is 0. The minimum atomic E-state index is 0.0709. The van der Waals surface area contributed by atoms with Crippen LogP contribution in [0.15, 0.2) is 35.4 Å². The smallest absolute Gasteiger partial charge is 0.123 e. The van der Waals surface area contributed by atoms with E-state index in [-0.39, 0.29) is 6.61 Å². The molecule has 2 rings (SSSR count). The molecule has 4 heteroatoms. The summed E-state index contributed by atoms with van der Waals surface area (Å²) in [7, 11) is 0. The SMILES string of the molecule is CCSc1ccc(-c2ncc(CO)s2)cc1. The highest BCUT2D eigenvalue weighted by Crippen LogP contribution is 2.27. The van der Waals surface area contributed by atoms with E-state index >= 15 is 0 Å². The number of aromatic nitrogens is 1. The fourth-order valence-electron chi connectivity index (χ4n) is 1.37. The molecule has 1 aromatic heterocycles.